The summed E-state index contributed by atoms with van der Waals surface area (Å²) in [6, 6.07) is 9.54. The maximum absolute atomic E-state index is 8.80. The third kappa shape index (κ3) is 3.23. The molecule has 0 fully saturated rings. The minimum Gasteiger partial charge on any atom is -0.369 e. The normalized spacial score (nSPS) is 10.2. The molecular formula is C12H16N2O2. The van der Waals surface area contributed by atoms with Crippen LogP contribution in [0.1, 0.15) is 5.56 Å². The lowest BCUT2D eigenvalue weighted by molar-refractivity contribution is -0.0944. The number of nitriles is 1. The Balaban J connectivity index is 2.72. The van der Waals surface area contributed by atoms with Crippen LogP contribution < -0.4 is 4.90 Å². The zero-order valence-electron chi connectivity index (χ0n) is 9.80. The van der Waals surface area contributed by atoms with Gasteiger partial charge in [0.15, 0.2) is 6.29 Å². The highest BCUT2D eigenvalue weighted by Gasteiger charge is 2.09. The first-order valence-electron chi connectivity index (χ1n) is 4.98. The molecule has 16 heavy (non-hydrogen) atoms. The first-order chi connectivity index (χ1) is 7.71. The second kappa shape index (κ2) is 6.11. The number of rotatable bonds is 5. The van der Waals surface area contributed by atoms with Gasteiger partial charge in [0.05, 0.1) is 18.2 Å². The Bertz CT molecular complexity index is 370. The number of anilines is 1. The average Bonchev–Trinajstić information content (AvgIpc) is 2.35. The van der Waals surface area contributed by atoms with E-state index in [9.17, 15) is 0 Å². The Kier molecular flexibility index (Phi) is 4.77. The fourth-order valence-electron chi connectivity index (χ4n) is 1.39. The topological polar surface area (TPSA) is 45.5 Å². The highest BCUT2D eigenvalue weighted by Crippen LogP contribution is 2.14. The number of methoxy groups -OCH3 is 2. The van der Waals surface area contributed by atoms with Crippen molar-refractivity contribution >= 4 is 5.69 Å². The van der Waals surface area contributed by atoms with Gasteiger partial charge in [-0.25, -0.2) is 0 Å². The summed E-state index contributed by atoms with van der Waals surface area (Å²) in [5, 5.41) is 8.80. The molecule has 4 nitrogen and oxygen atoms in total. The SMILES string of the molecule is COC(CN(C)c1cccc(C#N)c1)OC. The fraction of sp³-hybridized carbons (Fsp3) is 0.417. The van der Waals surface area contributed by atoms with Gasteiger partial charge in [0.25, 0.3) is 0 Å². The van der Waals surface area contributed by atoms with E-state index in [1.807, 2.05) is 30.1 Å². The summed E-state index contributed by atoms with van der Waals surface area (Å²) in [5.74, 6) is 0. The second-order valence-corrected chi connectivity index (χ2v) is 3.44. The molecule has 0 saturated carbocycles. The van der Waals surface area contributed by atoms with E-state index < -0.39 is 0 Å². The van der Waals surface area contributed by atoms with Gasteiger partial charge in [-0.1, -0.05) is 6.07 Å². The zero-order chi connectivity index (χ0) is 12.0. The van der Waals surface area contributed by atoms with Crippen LogP contribution in [0.15, 0.2) is 24.3 Å². The molecule has 1 rings (SSSR count). The Morgan fingerprint density at radius 1 is 1.38 bits per heavy atom. The van der Waals surface area contributed by atoms with Crippen molar-refractivity contribution < 1.29 is 9.47 Å². The van der Waals surface area contributed by atoms with E-state index in [2.05, 4.69) is 6.07 Å². The predicted molar refractivity (Wildman–Crippen MR) is 62.2 cm³/mol. The van der Waals surface area contributed by atoms with Crippen LogP contribution in [0, 0.1) is 11.3 Å². The fourth-order valence-corrected chi connectivity index (χ4v) is 1.39. The molecule has 0 amide bonds. The number of benzene rings is 1. The summed E-state index contributed by atoms with van der Waals surface area (Å²) >= 11 is 0. The molecule has 0 bridgehead atoms. The highest BCUT2D eigenvalue weighted by molar-refractivity contribution is 5.50. The van der Waals surface area contributed by atoms with Crippen LogP contribution in [0.3, 0.4) is 0 Å². The summed E-state index contributed by atoms with van der Waals surface area (Å²) in [6.07, 6.45) is -0.268. The van der Waals surface area contributed by atoms with Gasteiger partial charge in [-0.05, 0) is 18.2 Å². The number of hydrogen-bond acceptors (Lipinski definition) is 4. The van der Waals surface area contributed by atoms with Gasteiger partial charge in [0.2, 0.25) is 0 Å². The summed E-state index contributed by atoms with van der Waals surface area (Å²) < 4.78 is 10.2. The molecule has 0 N–H and O–H groups in total. The van der Waals surface area contributed by atoms with Crippen molar-refractivity contribution in [3.63, 3.8) is 0 Å². The third-order valence-electron chi connectivity index (χ3n) is 2.36. The van der Waals surface area contributed by atoms with Crippen LogP contribution in [0.4, 0.5) is 5.69 Å². The van der Waals surface area contributed by atoms with Crippen LogP contribution in [0.2, 0.25) is 0 Å². The molecule has 0 aliphatic rings. The van der Waals surface area contributed by atoms with Crippen molar-refractivity contribution in [1.82, 2.24) is 0 Å². The number of hydrogen-bond donors (Lipinski definition) is 0. The highest BCUT2D eigenvalue weighted by atomic mass is 16.7. The molecule has 0 aliphatic carbocycles. The van der Waals surface area contributed by atoms with E-state index in [1.54, 1.807) is 20.3 Å². The van der Waals surface area contributed by atoms with Crippen LogP contribution >= 0.6 is 0 Å². The van der Waals surface area contributed by atoms with Gasteiger partial charge in [0, 0.05) is 27.0 Å². The van der Waals surface area contributed by atoms with E-state index in [0.29, 0.717) is 12.1 Å². The van der Waals surface area contributed by atoms with Gasteiger partial charge in [0.1, 0.15) is 0 Å². The largest absolute Gasteiger partial charge is 0.369 e. The standard InChI is InChI=1S/C12H16N2O2/c1-14(9-12(15-2)16-3)11-6-4-5-10(7-11)8-13/h4-7,12H,9H2,1-3H3. The lowest BCUT2D eigenvalue weighted by Gasteiger charge is -2.23. The molecule has 4 heteroatoms. The van der Waals surface area contributed by atoms with Crippen molar-refractivity contribution in [2.45, 2.75) is 6.29 Å². The molecule has 1 aromatic rings. The van der Waals surface area contributed by atoms with Crippen molar-refractivity contribution in [2.75, 3.05) is 32.7 Å². The Morgan fingerprint density at radius 2 is 2.06 bits per heavy atom. The number of nitrogens with zero attached hydrogens (tertiary/aromatic N) is 2. The summed E-state index contributed by atoms with van der Waals surface area (Å²) in [5.41, 5.74) is 1.62. The maximum Gasteiger partial charge on any atom is 0.174 e. The summed E-state index contributed by atoms with van der Waals surface area (Å²) in [4.78, 5) is 1.98. The molecule has 0 aliphatic heterocycles. The van der Waals surface area contributed by atoms with Gasteiger partial charge in [-0.2, -0.15) is 5.26 Å². The van der Waals surface area contributed by atoms with E-state index >= 15 is 0 Å². The van der Waals surface area contributed by atoms with Crippen LogP contribution in [0.25, 0.3) is 0 Å². The predicted octanol–water partition coefficient (Wildman–Crippen LogP) is 1.61. The lowest BCUT2D eigenvalue weighted by Crippen LogP contribution is -2.31. The Hall–Kier alpha value is -1.57. The first kappa shape index (κ1) is 12.5. The zero-order valence-corrected chi connectivity index (χ0v) is 9.80. The molecular weight excluding hydrogens is 204 g/mol. The van der Waals surface area contributed by atoms with Crippen LogP contribution in [-0.2, 0) is 9.47 Å². The lowest BCUT2D eigenvalue weighted by atomic mass is 10.2. The van der Waals surface area contributed by atoms with Crippen molar-refractivity contribution in [3.8, 4) is 6.07 Å². The second-order valence-electron chi connectivity index (χ2n) is 3.44. The molecule has 0 saturated heterocycles. The molecule has 86 valence electrons. The van der Waals surface area contributed by atoms with Crippen LogP contribution in [-0.4, -0.2) is 34.1 Å². The van der Waals surface area contributed by atoms with E-state index in [-0.39, 0.29) is 6.29 Å². The van der Waals surface area contributed by atoms with E-state index in [0.717, 1.165) is 5.69 Å². The first-order valence-corrected chi connectivity index (χ1v) is 4.98. The number of likely N-dealkylation sites (N-methyl/N-ethyl adjacent to an activating group) is 1. The van der Waals surface area contributed by atoms with Crippen molar-refractivity contribution in [2.24, 2.45) is 0 Å². The van der Waals surface area contributed by atoms with Crippen molar-refractivity contribution in [3.05, 3.63) is 29.8 Å². The van der Waals surface area contributed by atoms with E-state index in [4.69, 9.17) is 14.7 Å². The van der Waals surface area contributed by atoms with Gasteiger partial charge in [-0.3, -0.25) is 0 Å². The minimum atomic E-state index is -0.268. The van der Waals surface area contributed by atoms with Gasteiger partial charge < -0.3 is 14.4 Å². The third-order valence-corrected chi connectivity index (χ3v) is 2.36. The molecule has 0 aromatic heterocycles. The maximum atomic E-state index is 8.80. The Labute approximate surface area is 96.0 Å². The molecule has 0 spiro atoms. The van der Waals surface area contributed by atoms with Crippen molar-refractivity contribution in [1.29, 1.82) is 5.26 Å². The van der Waals surface area contributed by atoms with Gasteiger partial charge in [-0.15, -0.1) is 0 Å². The molecule has 1 aromatic carbocycles. The minimum absolute atomic E-state index is 0.268. The average molecular weight is 220 g/mol. The summed E-state index contributed by atoms with van der Waals surface area (Å²) in [6.45, 7) is 0.613. The van der Waals surface area contributed by atoms with Crippen LogP contribution in [0.5, 0.6) is 0 Å². The number of ether oxygens (including phenoxy) is 2. The van der Waals surface area contributed by atoms with Gasteiger partial charge >= 0.3 is 0 Å². The summed E-state index contributed by atoms with van der Waals surface area (Å²) in [7, 11) is 5.14. The Morgan fingerprint density at radius 3 is 2.62 bits per heavy atom. The molecule has 0 atom stereocenters. The quantitative estimate of drug-likeness (QED) is 0.707. The molecule has 0 heterocycles. The molecule has 0 radical (unpaired) electrons. The smallest absolute Gasteiger partial charge is 0.174 e. The molecule has 0 unspecified atom stereocenters. The van der Waals surface area contributed by atoms with E-state index in [1.165, 1.54) is 0 Å². The monoisotopic (exact) mass is 220 g/mol.